The zero-order chi connectivity index (χ0) is 13.6. The van der Waals surface area contributed by atoms with Gasteiger partial charge in [0.15, 0.2) is 0 Å². The molecule has 0 amide bonds. The topological polar surface area (TPSA) is 20.2 Å². The highest BCUT2D eigenvalue weighted by Crippen LogP contribution is 2.42. The van der Waals surface area contributed by atoms with E-state index in [4.69, 9.17) is 0 Å². The normalized spacial score (nSPS) is 21.5. The predicted molar refractivity (Wildman–Crippen MR) is 73.6 cm³/mol. The van der Waals surface area contributed by atoms with Crippen LogP contribution in [0.3, 0.4) is 0 Å². The van der Waals surface area contributed by atoms with Gasteiger partial charge in [0, 0.05) is 0 Å². The van der Waals surface area contributed by atoms with Crippen LogP contribution in [0.4, 0.5) is 4.39 Å². The number of benzene rings is 2. The first-order valence-corrected chi connectivity index (χ1v) is 6.60. The van der Waals surface area contributed by atoms with Crippen LogP contribution in [0.15, 0.2) is 36.4 Å². The highest BCUT2D eigenvalue weighted by molar-refractivity contribution is 5.47. The van der Waals surface area contributed by atoms with Gasteiger partial charge in [-0.3, -0.25) is 0 Å². The molecule has 19 heavy (non-hydrogen) atoms. The van der Waals surface area contributed by atoms with Crippen molar-refractivity contribution < 1.29 is 9.50 Å². The Morgan fingerprint density at radius 2 is 1.84 bits per heavy atom. The van der Waals surface area contributed by atoms with E-state index in [1.54, 1.807) is 6.07 Å². The summed E-state index contributed by atoms with van der Waals surface area (Å²) < 4.78 is 13.3. The summed E-state index contributed by atoms with van der Waals surface area (Å²) in [4.78, 5) is 0. The molecule has 1 unspecified atom stereocenters. The minimum absolute atomic E-state index is 0.233. The fourth-order valence-electron chi connectivity index (χ4n) is 2.92. The van der Waals surface area contributed by atoms with Crippen LogP contribution in [0, 0.1) is 19.7 Å². The molecule has 0 fully saturated rings. The van der Waals surface area contributed by atoms with E-state index in [0.29, 0.717) is 6.42 Å². The summed E-state index contributed by atoms with van der Waals surface area (Å²) in [5, 5.41) is 11.0. The fourth-order valence-corrected chi connectivity index (χ4v) is 2.92. The number of aliphatic hydroxyl groups is 1. The maximum Gasteiger partial charge on any atom is 0.123 e. The maximum absolute atomic E-state index is 13.3. The molecule has 2 heteroatoms. The van der Waals surface area contributed by atoms with E-state index in [-0.39, 0.29) is 5.82 Å². The van der Waals surface area contributed by atoms with Gasteiger partial charge in [-0.05, 0) is 66.6 Å². The van der Waals surface area contributed by atoms with Gasteiger partial charge in [-0.1, -0.05) is 24.3 Å². The SMILES string of the molecule is Cc1ccc(C2(O)CCc3cc(F)ccc32)cc1C. The molecule has 0 bridgehead atoms. The monoisotopic (exact) mass is 256 g/mol. The van der Waals surface area contributed by atoms with Crippen LogP contribution in [-0.4, -0.2) is 5.11 Å². The first-order chi connectivity index (χ1) is 9.00. The third-order valence-corrected chi connectivity index (χ3v) is 4.25. The lowest BCUT2D eigenvalue weighted by atomic mass is 9.86. The molecule has 3 rings (SSSR count). The summed E-state index contributed by atoms with van der Waals surface area (Å²) in [6.45, 7) is 4.10. The number of fused-ring (bicyclic) bond motifs is 1. The van der Waals surface area contributed by atoms with E-state index >= 15 is 0 Å². The number of aryl methyl sites for hydroxylation is 3. The van der Waals surface area contributed by atoms with Crippen molar-refractivity contribution in [3.63, 3.8) is 0 Å². The van der Waals surface area contributed by atoms with Gasteiger partial charge in [-0.2, -0.15) is 0 Å². The minimum Gasteiger partial charge on any atom is -0.380 e. The van der Waals surface area contributed by atoms with Crippen molar-refractivity contribution in [1.29, 1.82) is 0 Å². The maximum atomic E-state index is 13.3. The molecule has 0 saturated carbocycles. The third kappa shape index (κ3) is 1.87. The Bertz CT molecular complexity index is 648. The zero-order valence-electron chi connectivity index (χ0n) is 11.2. The smallest absolute Gasteiger partial charge is 0.123 e. The molecule has 1 nitrogen and oxygen atoms in total. The second kappa shape index (κ2) is 4.17. The van der Waals surface area contributed by atoms with Crippen LogP contribution < -0.4 is 0 Å². The van der Waals surface area contributed by atoms with E-state index in [1.165, 1.54) is 23.3 Å². The third-order valence-electron chi connectivity index (χ3n) is 4.25. The van der Waals surface area contributed by atoms with E-state index in [9.17, 15) is 9.50 Å². The summed E-state index contributed by atoms with van der Waals surface area (Å²) in [7, 11) is 0. The first-order valence-electron chi connectivity index (χ1n) is 6.60. The van der Waals surface area contributed by atoms with Gasteiger partial charge in [0.1, 0.15) is 11.4 Å². The second-order valence-electron chi connectivity index (χ2n) is 5.46. The van der Waals surface area contributed by atoms with Gasteiger partial charge >= 0.3 is 0 Å². The molecule has 0 aliphatic heterocycles. The zero-order valence-corrected chi connectivity index (χ0v) is 11.2. The van der Waals surface area contributed by atoms with Gasteiger partial charge in [-0.25, -0.2) is 4.39 Å². The molecule has 2 aromatic rings. The Morgan fingerprint density at radius 3 is 2.58 bits per heavy atom. The Hall–Kier alpha value is -1.67. The number of hydrogen-bond donors (Lipinski definition) is 1. The lowest BCUT2D eigenvalue weighted by Gasteiger charge is -2.25. The molecule has 2 aromatic carbocycles. The van der Waals surface area contributed by atoms with Crippen molar-refractivity contribution in [2.24, 2.45) is 0 Å². The van der Waals surface area contributed by atoms with Gasteiger partial charge in [0.25, 0.3) is 0 Å². The molecule has 1 atom stereocenters. The second-order valence-corrected chi connectivity index (χ2v) is 5.46. The number of halogens is 1. The molecule has 0 saturated heterocycles. The first kappa shape index (κ1) is 12.4. The molecule has 98 valence electrons. The van der Waals surface area contributed by atoms with Crippen LogP contribution >= 0.6 is 0 Å². The van der Waals surface area contributed by atoms with Crippen LogP contribution in [-0.2, 0) is 12.0 Å². The van der Waals surface area contributed by atoms with Crippen LogP contribution in [0.5, 0.6) is 0 Å². The van der Waals surface area contributed by atoms with Gasteiger partial charge in [0.2, 0.25) is 0 Å². The molecule has 1 aliphatic carbocycles. The number of hydrogen-bond acceptors (Lipinski definition) is 1. The Labute approximate surface area is 112 Å². The van der Waals surface area contributed by atoms with Crippen LogP contribution in [0.2, 0.25) is 0 Å². The average molecular weight is 256 g/mol. The predicted octanol–water partition coefficient (Wildman–Crippen LogP) is 3.62. The lowest BCUT2D eigenvalue weighted by Crippen LogP contribution is -2.24. The van der Waals surface area contributed by atoms with E-state index in [0.717, 1.165) is 23.1 Å². The quantitative estimate of drug-likeness (QED) is 0.826. The van der Waals surface area contributed by atoms with Gasteiger partial charge in [-0.15, -0.1) is 0 Å². The summed E-state index contributed by atoms with van der Waals surface area (Å²) >= 11 is 0. The summed E-state index contributed by atoms with van der Waals surface area (Å²) in [6, 6.07) is 10.7. The molecule has 0 spiro atoms. The van der Waals surface area contributed by atoms with E-state index in [2.05, 4.69) is 6.92 Å². The molecule has 0 aromatic heterocycles. The van der Waals surface area contributed by atoms with Gasteiger partial charge < -0.3 is 5.11 Å². The molecule has 1 aliphatic rings. The van der Waals surface area contributed by atoms with Crippen molar-refractivity contribution in [2.75, 3.05) is 0 Å². The van der Waals surface area contributed by atoms with Crippen molar-refractivity contribution in [1.82, 2.24) is 0 Å². The highest BCUT2D eigenvalue weighted by atomic mass is 19.1. The highest BCUT2D eigenvalue weighted by Gasteiger charge is 2.38. The standard InChI is InChI=1S/C17H17FO/c1-11-3-4-14(9-12(11)2)17(19)8-7-13-10-15(18)5-6-16(13)17/h3-6,9-10,19H,7-8H2,1-2H3. The molecular formula is C17H17FO. The Morgan fingerprint density at radius 1 is 1.05 bits per heavy atom. The van der Waals surface area contributed by atoms with Crippen molar-refractivity contribution in [2.45, 2.75) is 32.3 Å². The van der Waals surface area contributed by atoms with Crippen molar-refractivity contribution in [3.8, 4) is 0 Å². The van der Waals surface area contributed by atoms with Crippen molar-refractivity contribution >= 4 is 0 Å². The molecular weight excluding hydrogens is 239 g/mol. The Kier molecular flexibility index (Phi) is 2.72. The molecule has 1 N–H and O–H groups in total. The lowest BCUT2D eigenvalue weighted by molar-refractivity contribution is 0.0828. The Balaban J connectivity index is 2.13. The summed E-state index contributed by atoms with van der Waals surface area (Å²) in [5.41, 5.74) is 4.08. The minimum atomic E-state index is -0.971. The van der Waals surface area contributed by atoms with Crippen molar-refractivity contribution in [3.05, 3.63) is 70.0 Å². The fraction of sp³-hybridized carbons (Fsp3) is 0.294. The molecule has 0 radical (unpaired) electrons. The van der Waals surface area contributed by atoms with Crippen LogP contribution in [0.1, 0.15) is 34.2 Å². The number of rotatable bonds is 1. The summed E-state index contributed by atoms with van der Waals surface area (Å²) in [6.07, 6.45) is 1.34. The summed E-state index contributed by atoms with van der Waals surface area (Å²) in [5.74, 6) is -0.233. The van der Waals surface area contributed by atoms with Crippen LogP contribution in [0.25, 0.3) is 0 Å². The van der Waals surface area contributed by atoms with E-state index < -0.39 is 5.60 Å². The largest absolute Gasteiger partial charge is 0.380 e. The van der Waals surface area contributed by atoms with Gasteiger partial charge in [0.05, 0.1) is 0 Å². The van der Waals surface area contributed by atoms with E-state index in [1.807, 2.05) is 25.1 Å². The average Bonchev–Trinajstić information content (AvgIpc) is 2.71. The molecule has 0 heterocycles.